The van der Waals surface area contributed by atoms with E-state index in [2.05, 4.69) is 34.3 Å². The lowest BCUT2D eigenvalue weighted by Crippen LogP contribution is -2.25. The molecule has 0 saturated heterocycles. The van der Waals surface area contributed by atoms with Crippen LogP contribution in [0.4, 0.5) is 5.82 Å². The molecule has 0 unspecified atom stereocenters. The smallest absolute Gasteiger partial charge is 0.295 e. The minimum absolute atomic E-state index is 0.146. The van der Waals surface area contributed by atoms with E-state index < -0.39 is 0 Å². The molecule has 0 spiro atoms. The van der Waals surface area contributed by atoms with Crippen LogP contribution in [0.1, 0.15) is 39.5 Å². The highest BCUT2D eigenvalue weighted by Gasteiger charge is 2.35. The number of nitrogens with one attached hydrogen (secondary N) is 1. The maximum absolute atomic E-state index is 12.6. The standard InChI is InChI=1S/C16H21N5O/c1-3-4-10-21-12-6-5-9-17-13(12)19-14(15(21)22)20-18-11-16(2)7-8-16/h5-6,9,11H,3-4,7-8,10H2,1-2H3,(H,17,19,20). The van der Waals surface area contributed by atoms with Crippen LogP contribution < -0.4 is 11.0 Å². The molecule has 0 amide bonds. The Morgan fingerprint density at radius 1 is 1.50 bits per heavy atom. The lowest BCUT2D eigenvalue weighted by atomic mass is 10.2. The van der Waals surface area contributed by atoms with Gasteiger partial charge < -0.3 is 4.57 Å². The van der Waals surface area contributed by atoms with E-state index in [0.29, 0.717) is 12.2 Å². The largest absolute Gasteiger partial charge is 0.302 e. The van der Waals surface area contributed by atoms with E-state index in [0.717, 1.165) is 31.2 Å². The third-order valence-electron chi connectivity index (χ3n) is 4.04. The van der Waals surface area contributed by atoms with Crippen LogP contribution in [-0.2, 0) is 6.54 Å². The topological polar surface area (TPSA) is 72.2 Å². The molecule has 116 valence electrons. The van der Waals surface area contributed by atoms with Crippen LogP contribution in [0.2, 0.25) is 0 Å². The van der Waals surface area contributed by atoms with E-state index in [1.54, 1.807) is 10.8 Å². The van der Waals surface area contributed by atoms with Crippen LogP contribution in [0.25, 0.3) is 11.2 Å². The van der Waals surface area contributed by atoms with Crippen LogP contribution >= 0.6 is 0 Å². The van der Waals surface area contributed by atoms with Gasteiger partial charge in [0.25, 0.3) is 5.56 Å². The second kappa shape index (κ2) is 5.87. The summed E-state index contributed by atoms with van der Waals surface area (Å²) in [4.78, 5) is 21.2. The van der Waals surface area contributed by atoms with Crippen molar-refractivity contribution in [1.29, 1.82) is 0 Å². The molecule has 22 heavy (non-hydrogen) atoms. The SMILES string of the molecule is CCCCn1c(=O)c(NN=CC2(C)CC2)nc2ncccc21. The lowest BCUT2D eigenvalue weighted by Gasteiger charge is -2.10. The number of hydrogen-bond donors (Lipinski definition) is 1. The maximum atomic E-state index is 12.6. The summed E-state index contributed by atoms with van der Waals surface area (Å²) in [5.41, 5.74) is 4.17. The van der Waals surface area contributed by atoms with Crippen molar-refractivity contribution < 1.29 is 0 Å². The number of aryl methyl sites for hydroxylation is 1. The Labute approximate surface area is 129 Å². The maximum Gasteiger partial charge on any atom is 0.295 e. The highest BCUT2D eigenvalue weighted by atomic mass is 16.1. The summed E-state index contributed by atoms with van der Waals surface area (Å²) >= 11 is 0. The van der Waals surface area contributed by atoms with E-state index in [9.17, 15) is 4.79 Å². The Hall–Kier alpha value is -2.24. The molecule has 0 aromatic carbocycles. The number of anilines is 1. The monoisotopic (exact) mass is 299 g/mol. The van der Waals surface area contributed by atoms with Crippen molar-refractivity contribution in [1.82, 2.24) is 14.5 Å². The molecule has 1 aliphatic rings. The molecule has 0 radical (unpaired) electrons. The number of unbranched alkanes of at least 4 members (excludes halogenated alkanes) is 1. The highest BCUT2D eigenvalue weighted by Crippen LogP contribution is 2.42. The first-order valence-corrected chi connectivity index (χ1v) is 7.79. The van der Waals surface area contributed by atoms with Crippen LogP contribution in [0.15, 0.2) is 28.2 Å². The van der Waals surface area contributed by atoms with Crippen molar-refractivity contribution >= 4 is 23.2 Å². The van der Waals surface area contributed by atoms with Crippen molar-refractivity contribution in [2.24, 2.45) is 10.5 Å². The van der Waals surface area contributed by atoms with Crippen LogP contribution in [0, 0.1) is 5.41 Å². The average molecular weight is 299 g/mol. The zero-order valence-electron chi connectivity index (χ0n) is 13.0. The minimum atomic E-state index is -0.146. The molecular weight excluding hydrogens is 278 g/mol. The summed E-state index contributed by atoms with van der Waals surface area (Å²) in [6.45, 7) is 4.91. The Morgan fingerprint density at radius 3 is 3.05 bits per heavy atom. The third-order valence-corrected chi connectivity index (χ3v) is 4.04. The van der Waals surface area contributed by atoms with E-state index in [1.165, 1.54) is 0 Å². The molecule has 1 saturated carbocycles. The van der Waals surface area contributed by atoms with Gasteiger partial charge in [0, 0.05) is 24.4 Å². The molecule has 2 heterocycles. The predicted molar refractivity (Wildman–Crippen MR) is 88.2 cm³/mol. The molecule has 0 atom stereocenters. The van der Waals surface area contributed by atoms with Gasteiger partial charge in [-0.1, -0.05) is 20.3 Å². The van der Waals surface area contributed by atoms with Gasteiger partial charge in [-0.3, -0.25) is 10.2 Å². The fourth-order valence-electron chi connectivity index (χ4n) is 2.26. The van der Waals surface area contributed by atoms with Crippen molar-refractivity contribution in [3.05, 3.63) is 28.7 Å². The Morgan fingerprint density at radius 2 is 2.32 bits per heavy atom. The molecule has 2 aromatic rings. The molecule has 1 fully saturated rings. The molecule has 6 heteroatoms. The number of pyridine rings is 1. The molecule has 1 N–H and O–H groups in total. The molecule has 3 rings (SSSR count). The lowest BCUT2D eigenvalue weighted by molar-refractivity contribution is 0.629. The van der Waals surface area contributed by atoms with E-state index in [1.807, 2.05) is 18.3 Å². The average Bonchev–Trinajstić information content (AvgIpc) is 3.25. The number of hydrazone groups is 1. The number of nitrogens with zero attached hydrogens (tertiary/aromatic N) is 4. The van der Waals surface area contributed by atoms with Gasteiger partial charge in [0.05, 0.1) is 5.52 Å². The van der Waals surface area contributed by atoms with Gasteiger partial charge in [0.2, 0.25) is 5.82 Å². The number of rotatable bonds is 6. The normalized spacial score (nSPS) is 16.3. The van der Waals surface area contributed by atoms with Gasteiger partial charge in [-0.15, -0.1) is 0 Å². The van der Waals surface area contributed by atoms with Crippen LogP contribution in [-0.4, -0.2) is 20.7 Å². The summed E-state index contributed by atoms with van der Waals surface area (Å²) in [5, 5.41) is 4.19. The Balaban J connectivity index is 1.97. The first-order valence-electron chi connectivity index (χ1n) is 7.79. The zero-order valence-corrected chi connectivity index (χ0v) is 13.0. The number of hydrogen-bond acceptors (Lipinski definition) is 5. The first-order chi connectivity index (χ1) is 10.6. The number of fused-ring (bicyclic) bond motifs is 1. The fraction of sp³-hybridized carbons (Fsp3) is 0.500. The summed E-state index contributed by atoms with van der Waals surface area (Å²) in [5.74, 6) is 0.239. The van der Waals surface area contributed by atoms with Gasteiger partial charge in [0.15, 0.2) is 5.65 Å². The highest BCUT2D eigenvalue weighted by molar-refractivity contribution is 5.72. The molecular formula is C16H21N5O. The van der Waals surface area contributed by atoms with Crippen LogP contribution in [0.3, 0.4) is 0 Å². The molecule has 2 aromatic heterocycles. The first kappa shape index (κ1) is 14.7. The second-order valence-corrected chi connectivity index (χ2v) is 6.14. The summed E-state index contributed by atoms with van der Waals surface area (Å²) in [7, 11) is 0. The van der Waals surface area contributed by atoms with Gasteiger partial charge in [-0.25, -0.2) is 9.97 Å². The Kier molecular flexibility index (Phi) is 3.92. The van der Waals surface area contributed by atoms with E-state index >= 15 is 0 Å². The number of aromatic nitrogens is 3. The quantitative estimate of drug-likeness (QED) is 0.657. The van der Waals surface area contributed by atoms with Crippen LogP contribution in [0.5, 0.6) is 0 Å². The second-order valence-electron chi connectivity index (χ2n) is 6.14. The van der Waals surface area contributed by atoms with Crippen molar-refractivity contribution in [2.45, 2.75) is 46.1 Å². The summed E-state index contributed by atoms with van der Waals surface area (Å²) < 4.78 is 1.73. The molecule has 0 aliphatic heterocycles. The van der Waals surface area contributed by atoms with Gasteiger partial charge in [-0.2, -0.15) is 5.10 Å². The van der Waals surface area contributed by atoms with Gasteiger partial charge >= 0.3 is 0 Å². The third kappa shape index (κ3) is 3.00. The van der Waals surface area contributed by atoms with Gasteiger partial charge in [-0.05, 0) is 31.4 Å². The van der Waals surface area contributed by atoms with E-state index in [-0.39, 0.29) is 16.8 Å². The molecule has 6 nitrogen and oxygen atoms in total. The zero-order chi connectivity index (χ0) is 15.6. The fourth-order valence-corrected chi connectivity index (χ4v) is 2.26. The predicted octanol–water partition coefficient (Wildman–Crippen LogP) is 2.79. The minimum Gasteiger partial charge on any atom is -0.302 e. The molecule has 0 bridgehead atoms. The van der Waals surface area contributed by atoms with Crippen molar-refractivity contribution in [3.8, 4) is 0 Å². The summed E-state index contributed by atoms with van der Waals surface area (Å²) in [6.07, 6.45) is 7.80. The van der Waals surface area contributed by atoms with E-state index in [4.69, 9.17) is 0 Å². The van der Waals surface area contributed by atoms with Gasteiger partial charge in [0.1, 0.15) is 0 Å². The van der Waals surface area contributed by atoms with Crippen molar-refractivity contribution in [2.75, 3.05) is 5.43 Å². The summed E-state index contributed by atoms with van der Waals surface area (Å²) in [6, 6.07) is 3.70. The Bertz CT molecular complexity index is 761. The van der Waals surface area contributed by atoms with Crippen molar-refractivity contribution in [3.63, 3.8) is 0 Å². The molecule has 1 aliphatic carbocycles.